The van der Waals surface area contributed by atoms with Gasteiger partial charge in [0.1, 0.15) is 5.75 Å². The lowest BCUT2D eigenvalue weighted by atomic mass is 10.1. The maximum Gasteiger partial charge on any atom is 0.252 e. The molecule has 2 N–H and O–H groups in total. The van der Waals surface area contributed by atoms with Crippen molar-refractivity contribution in [3.63, 3.8) is 0 Å². The number of hydrogen-bond acceptors (Lipinski definition) is 4. The molecular formula is C26H28N2O3S. The SMILES string of the molecule is COc1cccc(CC(C)NC(=O)c2ccccc2SCC(=O)Nc2ccc(C)cc2)c1. The Bertz CT molecular complexity index is 1070. The third kappa shape index (κ3) is 6.89. The number of amides is 2. The molecule has 0 bridgehead atoms. The highest BCUT2D eigenvalue weighted by molar-refractivity contribution is 8.00. The minimum Gasteiger partial charge on any atom is -0.497 e. The van der Waals surface area contributed by atoms with Crippen molar-refractivity contribution in [3.8, 4) is 5.75 Å². The van der Waals surface area contributed by atoms with Crippen LogP contribution in [0.15, 0.2) is 77.7 Å². The topological polar surface area (TPSA) is 67.4 Å². The number of anilines is 1. The van der Waals surface area contributed by atoms with Crippen LogP contribution in [0.1, 0.15) is 28.4 Å². The summed E-state index contributed by atoms with van der Waals surface area (Å²) in [5, 5.41) is 5.95. The molecule has 3 aromatic carbocycles. The highest BCUT2D eigenvalue weighted by atomic mass is 32.2. The highest BCUT2D eigenvalue weighted by Gasteiger charge is 2.15. The van der Waals surface area contributed by atoms with E-state index in [-0.39, 0.29) is 23.6 Å². The van der Waals surface area contributed by atoms with E-state index in [1.165, 1.54) is 11.8 Å². The van der Waals surface area contributed by atoms with Crippen molar-refractivity contribution in [2.75, 3.05) is 18.2 Å². The van der Waals surface area contributed by atoms with Gasteiger partial charge in [-0.2, -0.15) is 0 Å². The molecule has 3 aromatic rings. The summed E-state index contributed by atoms with van der Waals surface area (Å²) in [6, 6.07) is 22.8. The zero-order valence-electron chi connectivity index (χ0n) is 18.6. The molecular weight excluding hydrogens is 420 g/mol. The molecule has 0 spiro atoms. The van der Waals surface area contributed by atoms with Gasteiger partial charge < -0.3 is 15.4 Å². The molecule has 0 aliphatic carbocycles. The monoisotopic (exact) mass is 448 g/mol. The molecule has 0 saturated carbocycles. The number of carbonyl (C=O) groups excluding carboxylic acids is 2. The molecule has 0 aliphatic heterocycles. The fourth-order valence-corrected chi connectivity index (χ4v) is 4.11. The Balaban J connectivity index is 1.57. The van der Waals surface area contributed by atoms with Crippen LogP contribution >= 0.6 is 11.8 Å². The molecule has 3 rings (SSSR count). The van der Waals surface area contributed by atoms with Crippen LogP contribution in [-0.4, -0.2) is 30.7 Å². The van der Waals surface area contributed by atoms with E-state index in [0.29, 0.717) is 12.0 Å². The first-order valence-electron chi connectivity index (χ1n) is 10.5. The van der Waals surface area contributed by atoms with E-state index in [1.54, 1.807) is 13.2 Å². The van der Waals surface area contributed by atoms with Crippen molar-refractivity contribution < 1.29 is 14.3 Å². The molecule has 0 fully saturated rings. The number of methoxy groups -OCH3 is 1. The number of nitrogens with one attached hydrogen (secondary N) is 2. The van der Waals surface area contributed by atoms with Gasteiger partial charge in [0.25, 0.3) is 5.91 Å². The van der Waals surface area contributed by atoms with Gasteiger partial charge in [-0.25, -0.2) is 0 Å². The molecule has 1 atom stereocenters. The van der Waals surface area contributed by atoms with Crippen LogP contribution in [0.2, 0.25) is 0 Å². The molecule has 0 radical (unpaired) electrons. The first-order valence-corrected chi connectivity index (χ1v) is 11.5. The summed E-state index contributed by atoms with van der Waals surface area (Å²) in [4.78, 5) is 26.0. The molecule has 0 aromatic heterocycles. The smallest absolute Gasteiger partial charge is 0.252 e. The van der Waals surface area contributed by atoms with E-state index in [0.717, 1.165) is 27.5 Å². The van der Waals surface area contributed by atoms with E-state index < -0.39 is 0 Å². The predicted octanol–water partition coefficient (Wildman–Crippen LogP) is 5.10. The van der Waals surface area contributed by atoms with Gasteiger partial charge in [0, 0.05) is 16.6 Å². The third-order valence-electron chi connectivity index (χ3n) is 4.88. The Labute approximate surface area is 193 Å². The maximum absolute atomic E-state index is 12.9. The molecule has 0 heterocycles. The summed E-state index contributed by atoms with van der Waals surface area (Å²) < 4.78 is 5.27. The van der Waals surface area contributed by atoms with Gasteiger partial charge in [0.05, 0.1) is 18.4 Å². The van der Waals surface area contributed by atoms with Crippen LogP contribution in [0.25, 0.3) is 0 Å². The molecule has 2 amide bonds. The number of aryl methyl sites for hydroxylation is 1. The Morgan fingerprint density at radius 3 is 2.50 bits per heavy atom. The Kier molecular flexibility index (Phi) is 8.34. The second kappa shape index (κ2) is 11.4. The normalized spacial score (nSPS) is 11.5. The van der Waals surface area contributed by atoms with Crippen molar-refractivity contribution in [2.24, 2.45) is 0 Å². The molecule has 0 aliphatic rings. The average Bonchev–Trinajstić information content (AvgIpc) is 2.79. The lowest BCUT2D eigenvalue weighted by molar-refractivity contribution is -0.113. The van der Waals surface area contributed by atoms with Gasteiger partial charge in [0.2, 0.25) is 5.91 Å². The number of carbonyl (C=O) groups is 2. The first-order chi connectivity index (χ1) is 15.4. The van der Waals surface area contributed by atoms with E-state index in [4.69, 9.17) is 4.74 Å². The van der Waals surface area contributed by atoms with E-state index in [2.05, 4.69) is 10.6 Å². The lowest BCUT2D eigenvalue weighted by Crippen LogP contribution is -2.34. The first kappa shape index (κ1) is 23.4. The Hall–Kier alpha value is -3.25. The van der Waals surface area contributed by atoms with Crippen LogP contribution in [0.4, 0.5) is 5.69 Å². The number of hydrogen-bond donors (Lipinski definition) is 2. The fourth-order valence-electron chi connectivity index (χ4n) is 3.26. The molecule has 166 valence electrons. The summed E-state index contributed by atoms with van der Waals surface area (Å²) in [6.07, 6.45) is 0.692. The highest BCUT2D eigenvalue weighted by Crippen LogP contribution is 2.23. The van der Waals surface area contributed by atoms with Gasteiger partial charge in [-0.3, -0.25) is 9.59 Å². The number of ether oxygens (including phenoxy) is 1. The fraction of sp³-hybridized carbons (Fsp3) is 0.231. The molecule has 0 saturated heterocycles. The van der Waals surface area contributed by atoms with E-state index in [9.17, 15) is 9.59 Å². The van der Waals surface area contributed by atoms with Crippen LogP contribution in [0.3, 0.4) is 0 Å². The number of benzene rings is 3. The summed E-state index contributed by atoms with van der Waals surface area (Å²) >= 11 is 1.35. The van der Waals surface area contributed by atoms with Crippen LogP contribution in [0.5, 0.6) is 5.75 Å². The zero-order valence-corrected chi connectivity index (χ0v) is 19.4. The van der Waals surface area contributed by atoms with Crippen LogP contribution in [0, 0.1) is 6.92 Å². The molecule has 1 unspecified atom stereocenters. The average molecular weight is 449 g/mol. The van der Waals surface area contributed by atoms with Crippen molar-refractivity contribution in [3.05, 3.63) is 89.5 Å². The largest absolute Gasteiger partial charge is 0.497 e. The Morgan fingerprint density at radius 2 is 1.75 bits per heavy atom. The van der Waals surface area contributed by atoms with Gasteiger partial charge >= 0.3 is 0 Å². The van der Waals surface area contributed by atoms with E-state index >= 15 is 0 Å². The summed E-state index contributed by atoms with van der Waals surface area (Å²) in [5.41, 5.74) is 3.56. The molecule has 6 heteroatoms. The van der Waals surface area contributed by atoms with Gasteiger partial charge in [-0.15, -0.1) is 11.8 Å². The summed E-state index contributed by atoms with van der Waals surface area (Å²) in [5.74, 6) is 0.756. The number of rotatable bonds is 9. The number of thioether (sulfide) groups is 1. The van der Waals surface area contributed by atoms with Crippen molar-refractivity contribution in [1.82, 2.24) is 5.32 Å². The van der Waals surface area contributed by atoms with Crippen molar-refractivity contribution in [1.29, 1.82) is 0 Å². The predicted molar refractivity (Wildman–Crippen MR) is 131 cm³/mol. The van der Waals surface area contributed by atoms with Crippen molar-refractivity contribution >= 4 is 29.3 Å². The third-order valence-corrected chi connectivity index (χ3v) is 5.95. The summed E-state index contributed by atoms with van der Waals surface area (Å²) in [7, 11) is 1.64. The standard InChI is InChI=1S/C26H28N2O3S/c1-18-11-13-21(14-12-18)28-25(29)17-32-24-10-5-4-9-23(24)26(30)27-19(2)15-20-7-6-8-22(16-20)31-3/h4-14,16,19H,15,17H2,1-3H3,(H,27,30)(H,28,29). The van der Waals surface area contributed by atoms with Gasteiger partial charge in [-0.05, 0) is 62.2 Å². The van der Waals surface area contributed by atoms with Gasteiger partial charge in [-0.1, -0.05) is 42.0 Å². The minimum atomic E-state index is -0.151. The van der Waals surface area contributed by atoms with E-state index in [1.807, 2.05) is 80.6 Å². The molecule has 5 nitrogen and oxygen atoms in total. The maximum atomic E-state index is 12.9. The lowest BCUT2D eigenvalue weighted by Gasteiger charge is -2.16. The summed E-state index contributed by atoms with van der Waals surface area (Å²) in [6.45, 7) is 3.98. The second-order valence-corrected chi connectivity index (χ2v) is 8.65. The molecule has 32 heavy (non-hydrogen) atoms. The zero-order chi connectivity index (χ0) is 22.9. The minimum absolute atomic E-state index is 0.0579. The Morgan fingerprint density at radius 1 is 1.00 bits per heavy atom. The van der Waals surface area contributed by atoms with Crippen molar-refractivity contribution in [2.45, 2.75) is 31.2 Å². The van der Waals surface area contributed by atoms with Crippen LogP contribution < -0.4 is 15.4 Å². The van der Waals surface area contributed by atoms with Gasteiger partial charge in [0.15, 0.2) is 0 Å². The van der Waals surface area contributed by atoms with Crippen LogP contribution in [-0.2, 0) is 11.2 Å². The second-order valence-electron chi connectivity index (χ2n) is 7.63. The quantitative estimate of drug-likeness (QED) is 0.447.